The van der Waals surface area contributed by atoms with Gasteiger partial charge in [-0.3, -0.25) is 4.55 Å². The van der Waals surface area contributed by atoms with Crippen molar-refractivity contribution >= 4 is 26.2 Å². The second-order valence-corrected chi connectivity index (χ2v) is 5.30. The number of benzene rings is 1. The van der Waals surface area contributed by atoms with Crippen LogP contribution in [-0.4, -0.2) is 23.8 Å². The van der Waals surface area contributed by atoms with E-state index in [2.05, 4.69) is 15.9 Å². The summed E-state index contributed by atoms with van der Waals surface area (Å²) in [6, 6.07) is 7.14. The summed E-state index contributed by atoms with van der Waals surface area (Å²) in [4.78, 5) is 0. The Morgan fingerprint density at radius 3 is 2.57 bits per heavy atom. The Morgan fingerprint density at radius 2 is 2.07 bits per heavy atom. The Hall–Kier alpha value is -0.430. The zero-order chi connectivity index (χ0) is 10.3. The summed E-state index contributed by atoms with van der Waals surface area (Å²) < 4.78 is 32.2. The molecule has 1 N–H and O–H groups in total. The van der Waals surface area contributed by atoms with E-state index in [0.29, 0.717) is 6.54 Å². The number of nitrogens with zero attached hydrogens (tertiary/aromatic N) is 1. The molecule has 1 heterocycles. The van der Waals surface area contributed by atoms with E-state index in [1.54, 1.807) is 0 Å². The number of rotatable bonds is 2. The fraction of sp³-hybridized carbons (Fsp3) is 0.250. The number of hydrogen-bond donors (Lipinski definition) is 1. The molecule has 1 aliphatic rings. The van der Waals surface area contributed by atoms with Crippen LogP contribution in [0.4, 0.5) is 0 Å². The van der Waals surface area contributed by atoms with Crippen LogP contribution in [0.25, 0.3) is 0 Å². The summed E-state index contributed by atoms with van der Waals surface area (Å²) in [5.41, 5.74) is 0.880. The van der Waals surface area contributed by atoms with E-state index in [1.807, 2.05) is 24.3 Å². The molecule has 0 aliphatic carbocycles. The van der Waals surface area contributed by atoms with Gasteiger partial charge in [0, 0.05) is 11.0 Å². The Balaban J connectivity index is 2.26. The third-order valence-electron chi connectivity index (χ3n) is 2.13. The van der Waals surface area contributed by atoms with Crippen LogP contribution in [0, 0.1) is 0 Å². The second-order valence-electron chi connectivity index (χ2n) is 3.08. The Morgan fingerprint density at radius 1 is 1.43 bits per heavy atom. The summed E-state index contributed by atoms with van der Waals surface area (Å²) in [6.45, 7) is 0.349. The highest BCUT2D eigenvalue weighted by atomic mass is 79.9. The van der Waals surface area contributed by atoms with E-state index in [1.165, 1.54) is 0 Å². The molecule has 1 aromatic carbocycles. The third kappa shape index (κ3) is 1.83. The van der Waals surface area contributed by atoms with Crippen LogP contribution in [0.3, 0.4) is 0 Å². The molecule has 2 unspecified atom stereocenters. The predicted molar refractivity (Wildman–Crippen MR) is 55.1 cm³/mol. The van der Waals surface area contributed by atoms with Crippen molar-refractivity contribution in [3.8, 4) is 0 Å². The highest BCUT2D eigenvalue weighted by Crippen LogP contribution is 2.40. The first-order chi connectivity index (χ1) is 6.50. The lowest BCUT2D eigenvalue weighted by molar-refractivity contribution is 0.441. The maximum absolute atomic E-state index is 10.8. The zero-order valence-corrected chi connectivity index (χ0v) is 9.49. The standard InChI is InChI=1S/C8H8BrNO3S/c9-7-4-2-1-3-6(7)8-5-10(8)14(11,12)13/h1-4,8H,5H2,(H,11,12,13). The quantitative estimate of drug-likeness (QED) is 0.660. The molecule has 1 aromatic rings. The Labute approximate surface area is 90.5 Å². The van der Waals surface area contributed by atoms with Gasteiger partial charge in [-0.25, -0.2) is 0 Å². The van der Waals surface area contributed by atoms with Crippen LogP contribution < -0.4 is 0 Å². The largest absolute Gasteiger partial charge is 0.336 e. The van der Waals surface area contributed by atoms with Crippen LogP contribution >= 0.6 is 15.9 Å². The van der Waals surface area contributed by atoms with Crippen molar-refractivity contribution in [1.82, 2.24) is 4.31 Å². The molecule has 1 fully saturated rings. The van der Waals surface area contributed by atoms with Crippen molar-refractivity contribution in [3.05, 3.63) is 34.3 Å². The van der Waals surface area contributed by atoms with Gasteiger partial charge in [0.15, 0.2) is 0 Å². The molecule has 2 rings (SSSR count). The Kier molecular flexibility index (Phi) is 2.38. The average Bonchev–Trinajstić information content (AvgIpc) is 2.83. The van der Waals surface area contributed by atoms with Gasteiger partial charge >= 0.3 is 10.3 Å². The topological polar surface area (TPSA) is 57.4 Å². The van der Waals surface area contributed by atoms with E-state index in [-0.39, 0.29) is 6.04 Å². The highest BCUT2D eigenvalue weighted by molar-refractivity contribution is 9.10. The maximum Gasteiger partial charge on any atom is 0.336 e. The smallest absolute Gasteiger partial charge is 0.273 e. The lowest BCUT2D eigenvalue weighted by Crippen LogP contribution is -2.10. The van der Waals surface area contributed by atoms with E-state index in [9.17, 15) is 8.42 Å². The molecule has 0 spiro atoms. The number of hydrogen-bond acceptors (Lipinski definition) is 2. The SMILES string of the molecule is O=S(=O)(O)N1CC1c1ccccc1Br. The van der Waals surface area contributed by atoms with Gasteiger partial charge in [0.25, 0.3) is 0 Å². The molecule has 1 aliphatic heterocycles. The average molecular weight is 278 g/mol. The first-order valence-electron chi connectivity index (χ1n) is 3.99. The maximum atomic E-state index is 10.8. The molecule has 0 radical (unpaired) electrons. The van der Waals surface area contributed by atoms with Gasteiger partial charge in [-0.2, -0.15) is 12.7 Å². The van der Waals surface area contributed by atoms with Gasteiger partial charge in [0.2, 0.25) is 0 Å². The molecule has 2 atom stereocenters. The summed E-state index contributed by atoms with van der Waals surface area (Å²) in [6.07, 6.45) is 0. The number of halogens is 1. The first kappa shape index (κ1) is 10.1. The molecule has 76 valence electrons. The highest BCUT2D eigenvalue weighted by Gasteiger charge is 2.44. The fourth-order valence-corrected chi connectivity index (χ4v) is 2.69. The van der Waals surface area contributed by atoms with Gasteiger partial charge in [-0.15, -0.1) is 0 Å². The monoisotopic (exact) mass is 277 g/mol. The lowest BCUT2D eigenvalue weighted by Gasteiger charge is -2.02. The summed E-state index contributed by atoms with van der Waals surface area (Å²) in [5, 5.41) is 0. The van der Waals surface area contributed by atoms with Gasteiger partial charge in [0.1, 0.15) is 0 Å². The molecule has 0 amide bonds. The zero-order valence-electron chi connectivity index (χ0n) is 7.09. The minimum Gasteiger partial charge on any atom is -0.273 e. The molecule has 1 saturated heterocycles. The fourth-order valence-electron chi connectivity index (χ4n) is 1.38. The van der Waals surface area contributed by atoms with E-state index >= 15 is 0 Å². The molecule has 14 heavy (non-hydrogen) atoms. The van der Waals surface area contributed by atoms with Crippen molar-refractivity contribution in [2.24, 2.45) is 0 Å². The lowest BCUT2D eigenvalue weighted by atomic mass is 10.2. The van der Waals surface area contributed by atoms with Crippen LogP contribution in [0.1, 0.15) is 11.6 Å². The van der Waals surface area contributed by atoms with Crippen LogP contribution in [0.5, 0.6) is 0 Å². The molecule has 6 heteroatoms. The molecule has 0 aromatic heterocycles. The molecular weight excluding hydrogens is 270 g/mol. The van der Waals surface area contributed by atoms with Crippen LogP contribution in [0.15, 0.2) is 28.7 Å². The molecule has 0 bridgehead atoms. The first-order valence-corrected chi connectivity index (χ1v) is 6.18. The van der Waals surface area contributed by atoms with Crippen LogP contribution in [0.2, 0.25) is 0 Å². The summed E-state index contributed by atoms with van der Waals surface area (Å²) in [7, 11) is -4.03. The minimum absolute atomic E-state index is 0.222. The summed E-state index contributed by atoms with van der Waals surface area (Å²) >= 11 is 3.33. The molecular formula is C8H8BrNO3S. The van der Waals surface area contributed by atoms with Gasteiger partial charge < -0.3 is 0 Å². The van der Waals surface area contributed by atoms with Crippen molar-refractivity contribution in [2.75, 3.05) is 6.54 Å². The second kappa shape index (κ2) is 3.30. The van der Waals surface area contributed by atoms with Crippen molar-refractivity contribution in [2.45, 2.75) is 6.04 Å². The minimum atomic E-state index is -4.03. The normalized spacial score (nSPS) is 26.1. The van der Waals surface area contributed by atoms with Gasteiger partial charge in [-0.05, 0) is 11.6 Å². The third-order valence-corrected chi connectivity index (χ3v) is 3.85. The predicted octanol–water partition coefficient (Wildman–Crippen LogP) is 1.61. The van der Waals surface area contributed by atoms with Crippen molar-refractivity contribution in [3.63, 3.8) is 0 Å². The van der Waals surface area contributed by atoms with Gasteiger partial charge in [0.05, 0.1) is 6.04 Å². The molecule has 0 saturated carbocycles. The van der Waals surface area contributed by atoms with Crippen molar-refractivity contribution < 1.29 is 13.0 Å². The van der Waals surface area contributed by atoms with E-state index in [0.717, 1.165) is 14.3 Å². The van der Waals surface area contributed by atoms with Crippen LogP contribution in [-0.2, 0) is 10.3 Å². The Bertz CT molecular complexity index is 459. The van der Waals surface area contributed by atoms with E-state index < -0.39 is 10.3 Å². The van der Waals surface area contributed by atoms with E-state index in [4.69, 9.17) is 4.55 Å². The van der Waals surface area contributed by atoms with Gasteiger partial charge in [-0.1, -0.05) is 34.1 Å². The summed E-state index contributed by atoms with van der Waals surface area (Å²) in [5.74, 6) is 0. The molecule has 4 nitrogen and oxygen atoms in total. The van der Waals surface area contributed by atoms with Crippen molar-refractivity contribution in [1.29, 1.82) is 0 Å².